The van der Waals surface area contributed by atoms with Crippen molar-refractivity contribution < 1.29 is 5.11 Å². The number of aliphatic hydroxyl groups is 1. The monoisotopic (exact) mass is 200 g/mol. The van der Waals surface area contributed by atoms with Gasteiger partial charge in [-0.2, -0.15) is 0 Å². The molecule has 0 aliphatic heterocycles. The lowest BCUT2D eigenvalue weighted by Crippen LogP contribution is -2.28. The van der Waals surface area contributed by atoms with Gasteiger partial charge in [0.1, 0.15) is 0 Å². The first-order valence-electron chi connectivity index (χ1n) is 6.41. The second kappa shape index (κ2) is 8.28. The highest BCUT2D eigenvalue weighted by Crippen LogP contribution is 2.26. The number of hydrogen-bond donors (Lipinski definition) is 1. The van der Waals surface area contributed by atoms with Gasteiger partial charge in [-0.25, -0.2) is 0 Å². The van der Waals surface area contributed by atoms with Gasteiger partial charge in [0.05, 0.1) is 5.60 Å². The molecule has 0 rings (SSSR count). The van der Waals surface area contributed by atoms with Crippen molar-refractivity contribution in [3.8, 4) is 0 Å². The first-order valence-corrected chi connectivity index (χ1v) is 6.41. The lowest BCUT2D eigenvalue weighted by Gasteiger charge is -2.27. The molecule has 0 atom stereocenters. The quantitative estimate of drug-likeness (QED) is 0.550. The van der Waals surface area contributed by atoms with Crippen LogP contribution < -0.4 is 0 Å². The third-order valence-electron chi connectivity index (χ3n) is 2.93. The third-order valence-corrected chi connectivity index (χ3v) is 2.93. The van der Waals surface area contributed by atoms with Crippen LogP contribution in [0.15, 0.2) is 0 Å². The van der Waals surface area contributed by atoms with Gasteiger partial charge in [0.25, 0.3) is 0 Å². The molecular weight excluding hydrogens is 172 g/mol. The largest absolute Gasteiger partial charge is 0.390 e. The molecule has 14 heavy (non-hydrogen) atoms. The summed E-state index contributed by atoms with van der Waals surface area (Å²) in [5.74, 6) is 0. The Morgan fingerprint density at radius 2 is 1.29 bits per heavy atom. The van der Waals surface area contributed by atoms with Crippen molar-refractivity contribution in [1.82, 2.24) is 0 Å². The van der Waals surface area contributed by atoms with Gasteiger partial charge in [0.2, 0.25) is 0 Å². The average molecular weight is 200 g/mol. The van der Waals surface area contributed by atoms with E-state index in [1.807, 2.05) is 0 Å². The lowest BCUT2D eigenvalue weighted by molar-refractivity contribution is 0.0105. The van der Waals surface area contributed by atoms with Crippen LogP contribution in [0.4, 0.5) is 0 Å². The Bertz CT molecular complexity index is 114. The molecule has 0 aromatic rings. The highest BCUT2D eigenvalue weighted by molar-refractivity contribution is 4.77. The second-order valence-electron chi connectivity index (χ2n) is 4.54. The minimum atomic E-state index is -0.350. The van der Waals surface area contributed by atoms with Crippen molar-refractivity contribution in [2.45, 2.75) is 84.2 Å². The first kappa shape index (κ1) is 14.0. The van der Waals surface area contributed by atoms with Crippen LogP contribution in [0.2, 0.25) is 0 Å². The molecule has 1 heteroatoms. The Balaban J connectivity index is 3.71. The SMILES string of the molecule is CCCCCCC(O)(CCC)CCC. The van der Waals surface area contributed by atoms with Crippen molar-refractivity contribution in [2.24, 2.45) is 0 Å². The van der Waals surface area contributed by atoms with E-state index < -0.39 is 0 Å². The molecule has 0 radical (unpaired) electrons. The molecule has 0 spiro atoms. The Morgan fingerprint density at radius 3 is 1.71 bits per heavy atom. The highest BCUT2D eigenvalue weighted by atomic mass is 16.3. The van der Waals surface area contributed by atoms with Crippen molar-refractivity contribution in [1.29, 1.82) is 0 Å². The molecule has 0 fully saturated rings. The highest BCUT2D eigenvalue weighted by Gasteiger charge is 2.23. The molecule has 1 N–H and O–H groups in total. The summed E-state index contributed by atoms with van der Waals surface area (Å²) in [6.45, 7) is 6.55. The summed E-state index contributed by atoms with van der Waals surface area (Å²) in [6.07, 6.45) is 10.2. The summed E-state index contributed by atoms with van der Waals surface area (Å²) in [5.41, 5.74) is -0.350. The predicted octanol–water partition coefficient (Wildman–Crippen LogP) is 4.29. The molecule has 0 saturated heterocycles. The lowest BCUT2D eigenvalue weighted by atomic mass is 9.87. The zero-order valence-corrected chi connectivity index (χ0v) is 10.3. The van der Waals surface area contributed by atoms with E-state index in [1.165, 1.54) is 25.7 Å². The topological polar surface area (TPSA) is 20.2 Å². The van der Waals surface area contributed by atoms with Gasteiger partial charge < -0.3 is 5.11 Å². The molecule has 0 unspecified atom stereocenters. The standard InChI is InChI=1S/C13H28O/c1-4-7-8-9-12-13(14,10-5-2)11-6-3/h14H,4-12H2,1-3H3. The van der Waals surface area contributed by atoms with Crippen LogP contribution in [0.25, 0.3) is 0 Å². The summed E-state index contributed by atoms with van der Waals surface area (Å²) in [5, 5.41) is 10.3. The van der Waals surface area contributed by atoms with Crippen molar-refractivity contribution in [3.63, 3.8) is 0 Å². The fourth-order valence-corrected chi connectivity index (χ4v) is 2.19. The van der Waals surface area contributed by atoms with E-state index in [0.29, 0.717) is 0 Å². The fraction of sp³-hybridized carbons (Fsp3) is 1.00. The maximum absolute atomic E-state index is 10.3. The van der Waals surface area contributed by atoms with Gasteiger partial charge in [-0.3, -0.25) is 0 Å². The van der Waals surface area contributed by atoms with Crippen LogP contribution in [0.3, 0.4) is 0 Å². The Labute approximate surface area is 89.9 Å². The van der Waals surface area contributed by atoms with Gasteiger partial charge >= 0.3 is 0 Å². The summed E-state index contributed by atoms with van der Waals surface area (Å²) >= 11 is 0. The second-order valence-corrected chi connectivity index (χ2v) is 4.54. The normalized spacial score (nSPS) is 12.0. The summed E-state index contributed by atoms with van der Waals surface area (Å²) in [7, 11) is 0. The molecule has 0 aromatic heterocycles. The van der Waals surface area contributed by atoms with E-state index in [-0.39, 0.29) is 5.60 Å². The van der Waals surface area contributed by atoms with E-state index >= 15 is 0 Å². The maximum atomic E-state index is 10.3. The summed E-state index contributed by atoms with van der Waals surface area (Å²) < 4.78 is 0. The van der Waals surface area contributed by atoms with E-state index in [9.17, 15) is 5.11 Å². The molecule has 0 bridgehead atoms. The van der Waals surface area contributed by atoms with E-state index in [2.05, 4.69) is 20.8 Å². The summed E-state index contributed by atoms with van der Waals surface area (Å²) in [6, 6.07) is 0. The molecule has 86 valence electrons. The Morgan fingerprint density at radius 1 is 0.714 bits per heavy atom. The van der Waals surface area contributed by atoms with Crippen LogP contribution in [0, 0.1) is 0 Å². The van der Waals surface area contributed by atoms with Crippen molar-refractivity contribution in [2.75, 3.05) is 0 Å². The minimum Gasteiger partial charge on any atom is -0.390 e. The van der Waals surface area contributed by atoms with Gasteiger partial charge in [-0.1, -0.05) is 59.3 Å². The van der Waals surface area contributed by atoms with Gasteiger partial charge in [-0.15, -0.1) is 0 Å². The van der Waals surface area contributed by atoms with Gasteiger partial charge in [-0.05, 0) is 19.3 Å². The van der Waals surface area contributed by atoms with Gasteiger partial charge in [0.15, 0.2) is 0 Å². The third kappa shape index (κ3) is 6.42. The Hall–Kier alpha value is -0.0400. The van der Waals surface area contributed by atoms with Crippen LogP contribution >= 0.6 is 0 Å². The van der Waals surface area contributed by atoms with Crippen molar-refractivity contribution >= 4 is 0 Å². The van der Waals surface area contributed by atoms with Crippen LogP contribution in [-0.4, -0.2) is 10.7 Å². The molecule has 0 saturated carbocycles. The fourth-order valence-electron chi connectivity index (χ4n) is 2.19. The summed E-state index contributed by atoms with van der Waals surface area (Å²) in [4.78, 5) is 0. The minimum absolute atomic E-state index is 0.350. The Kier molecular flexibility index (Phi) is 8.26. The van der Waals surface area contributed by atoms with Crippen molar-refractivity contribution in [3.05, 3.63) is 0 Å². The molecular formula is C13H28O. The molecule has 0 aromatic carbocycles. The zero-order chi connectivity index (χ0) is 10.9. The van der Waals surface area contributed by atoms with Crippen LogP contribution in [0.5, 0.6) is 0 Å². The predicted molar refractivity (Wildman–Crippen MR) is 63.5 cm³/mol. The van der Waals surface area contributed by atoms with E-state index in [0.717, 1.165) is 32.1 Å². The number of rotatable bonds is 9. The molecule has 0 heterocycles. The maximum Gasteiger partial charge on any atom is 0.0647 e. The van der Waals surface area contributed by atoms with Crippen LogP contribution in [0.1, 0.15) is 78.6 Å². The van der Waals surface area contributed by atoms with Crippen LogP contribution in [-0.2, 0) is 0 Å². The number of unbranched alkanes of at least 4 members (excludes halogenated alkanes) is 3. The smallest absolute Gasteiger partial charge is 0.0647 e. The first-order chi connectivity index (χ1) is 6.68. The number of hydrogen-bond acceptors (Lipinski definition) is 1. The molecule has 0 aliphatic carbocycles. The molecule has 1 nitrogen and oxygen atoms in total. The average Bonchev–Trinajstić information content (AvgIpc) is 2.13. The molecule has 0 amide bonds. The van der Waals surface area contributed by atoms with Gasteiger partial charge in [0, 0.05) is 0 Å². The zero-order valence-electron chi connectivity index (χ0n) is 10.3. The molecule has 0 aliphatic rings. The van der Waals surface area contributed by atoms with E-state index in [1.54, 1.807) is 0 Å². The van der Waals surface area contributed by atoms with E-state index in [4.69, 9.17) is 0 Å².